The van der Waals surface area contributed by atoms with Crippen molar-refractivity contribution in [3.05, 3.63) is 199 Å². The minimum Gasteiger partial charge on any atom is -0.310 e. The molecule has 0 fully saturated rings. The summed E-state index contributed by atoms with van der Waals surface area (Å²) in [5.74, 6) is 0. The summed E-state index contributed by atoms with van der Waals surface area (Å²) >= 11 is 0. The first-order chi connectivity index (χ1) is 24.6. The lowest BCUT2D eigenvalue weighted by molar-refractivity contribution is 0.660. The van der Waals surface area contributed by atoms with Gasteiger partial charge in [0.1, 0.15) is 0 Å². The van der Waals surface area contributed by atoms with Crippen molar-refractivity contribution in [2.75, 3.05) is 4.90 Å². The van der Waals surface area contributed by atoms with Crippen LogP contribution in [0, 0.1) is 0 Å². The first-order valence-corrected chi connectivity index (χ1v) is 17.4. The molecule has 1 aliphatic rings. The van der Waals surface area contributed by atoms with Gasteiger partial charge in [-0.1, -0.05) is 172 Å². The van der Waals surface area contributed by atoms with Crippen LogP contribution in [0.15, 0.2) is 188 Å². The van der Waals surface area contributed by atoms with E-state index in [2.05, 4.69) is 207 Å². The maximum absolute atomic E-state index is 2.48. The van der Waals surface area contributed by atoms with Gasteiger partial charge in [-0.15, -0.1) is 0 Å². The van der Waals surface area contributed by atoms with E-state index in [1.54, 1.807) is 0 Å². The monoisotopic (exact) mass is 639 g/mol. The number of nitrogens with zero attached hydrogens (tertiary/aromatic N) is 1. The Kier molecular flexibility index (Phi) is 7.21. The maximum Gasteiger partial charge on any atom is 0.0552 e. The summed E-state index contributed by atoms with van der Waals surface area (Å²) in [7, 11) is 0. The molecule has 0 saturated heterocycles. The molecule has 0 aromatic heterocycles. The van der Waals surface area contributed by atoms with E-state index in [-0.39, 0.29) is 5.41 Å². The van der Waals surface area contributed by atoms with Gasteiger partial charge in [0.25, 0.3) is 0 Å². The van der Waals surface area contributed by atoms with Crippen LogP contribution in [0.25, 0.3) is 55.3 Å². The smallest absolute Gasteiger partial charge is 0.0552 e. The first kappa shape index (κ1) is 29.9. The fourth-order valence-electron chi connectivity index (χ4n) is 7.99. The molecule has 1 heteroatoms. The number of fused-ring (bicyclic) bond motifs is 4. The van der Waals surface area contributed by atoms with Gasteiger partial charge in [-0.3, -0.25) is 0 Å². The summed E-state index contributed by atoms with van der Waals surface area (Å²) in [5, 5.41) is 2.47. The molecule has 0 heterocycles. The van der Waals surface area contributed by atoms with Crippen LogP contribution in [0.4, 0.5) is 17.1 Å². The van der Waals surface area contributed by atoms with E-state index in [0.29, 0.717) is 0 Å². The van der Waals surface area contributed by atoms with E-state index in [1.165, 1.54) is 66.4 Å². The molecule has 0 atom stereocenters. The van der Waals surface area contributed by atoms with Crippen LogP contribution >= 0.6 is 0 Å². The minimum absolute atomic E-state index is 0.119. The lowest BCUT2D eigenvalue weighted by atomic mass is 9.82. The topological polar surface area (TPSA) is 3.24 Å². The molecule has 0 aliphatic heterocycles. The Labute approximate surface area is 294 Å². The second-order valence-electron chi connectivity index (χ2n) is 13.7. The Morgan fingerprint density at radius 1 is 0.360 bits per heavy atom. The van der Waals surface area contributed by atoms with Crippen molar-refractivity contribution in [1.29, 1.82) is 0 Å². The van der Waals surface area contributed by atoms with E-state index in [9.17, 15) is 0 Å². The van der Waals surface area contributed by atoms with Gasteiger partial charge in [-0.25, -0.2) is 0 Å². The van der Waals surface area contributed by atoms with Gasteiger partial charge in [-0.05, 0) is 91.2 Å². The summed E-state index contributed by atoms with van der Waals surface area (Å²) in [6, 6.07) is 68.7. The third kappa shape index (κ3) is 4.94. The van der Waals surface area contributed by atoms with Crippen LogP contribution in [0.3, 0.4) is 0 Å². The highest BCUT2D eigenvalue weighted by molar-refractivity contribution is 6.11. The minimum atomic E-state index is -0.119. The lowest BCUT2D eigenvalue weighted by Gasteiger charge is -2.31. The highest BCUT2D eigenvalue weighted by Crippen LogP contribution is 2.52. The summed E-state index contributed by atoms with van der Waals surface area (Å²) < 4.78 is 0. The fraction of sp³-hybridized carbons (Fsp3) is 0.0612. The standard InChI is InChI=1S/C49H37N/c1-49(2)45-25-15-14-23-41(45)42-31-30-39(32-46(42)49)50(38-28-26-35(27-29-38)34-16-6-3-7-17-34)47-33-44(36-18-8-4-9-19-36)40-22-12-13-24-43(40)48(47)37-20-10-5-11-21-37/h3-33H,1-2H3. The van der Waals surface area contributed by atoms with Crippen LogP contribution in [0.2, 0.25) is 0 Å². The molecule has 8 aromatic carbocycles. The zero-order valence-electron chi connectivity index (χ0n) is 28.3. The Balaban J connectivity index is 1.35. The third-order valence-corrected chi connectivity index (χ3v) is 10.5. The van der Waals surface area contributed by atoms with Gasteiger partial charge < -0.3 is 4.90 Å². The number of anilines is 3. The third-order valence-electron chi connectivity index (χ3n) is 10.5. The summed E-state index contributed by atoms with van der Waals surface area (Å²) in [6.45, 7) is 4.72. The first-order valence-electron chi connectivity index (χ1n) is 17.4. The van der Waals surface area contributed by atoms with Gasteiger partial charge >= 0.3 is 0 Å². The number of hydrogen-bond donors (Lipinski definition) is 0. The van der Waals surface area contributed by atoms with Gasteiger partial charge in [0, 0.05) is 22.4 Å². The molecule has 0 saturated carbocycles. The number of hydrogen-bond acceptors (Lipinski definition) is 1. The molecule has 0 spiro atoms. The Hall–Kier alpha value is -6.18. The second kappa shape index (κ2) is 12.1. The Morgan fingerprint density at radius 2 is 0.880 bits per heavy atom. The predicted molar refractivity (Wildman–Crippen MR) is 213 cm³/mol. The van der Waals surface area contributed by atoms with Gasteiger partial charge in [0.05, 0.1) is 5.69 Å². The van der Waals surface area contributed by atoms with Gasteiger partial charge in [0.2, 0.25) is 0 Å². The van der Waals surface area contributed by atoms with E-state index >= 15 is 0 Å². The molecule has 50 heavy (non-hydrogen) atoms. The van der Waals surface area contributed by atoms with Crippen LogP contribution in [-0.2, 0) is 5.41 Å². The average Bonchev–Trinajstić information content (AvgIpc) is 3.41. The highest BCUT2D eigenvalue weighted by Gasteiger charge is 2.36. The van der Waals surface area contributed by atoms with Crippen LogP contribution in [0.1, 0.15) is 25.0 Å². The summed E-state index contributed by atoms with van der Waals surface area (Å²) in [4.78, 5) is 2.48. The van der Waals surface area contributed by atoms with E-state index in [4.69, 9.17) is 0 Å². The molecule has 1 aliphatic carbocycles. The molecule has 0 bridgehead atoms. The second-order valence-corrected chi connectivity index (χ2v) is 13.7. The normalized spacial score (nSPS) is 12.8. The van der Waals surface area contributed by atoms with Crippen LogP contribution in [-0.4, -0.2) is 0 Å². The highest BCUT2D eigenvalue weighted by atomic mass is 15.1. The SMILES string of the molecule is CC1(C)c2ccccc2-c2ccc(N(c3ccc(-c4ccccc4)cc3)c3cc(-c4ccccc4)c4ccccc4c3-c3ccccc3)cc21. The fourth-order valence-corrected chi connectivity index (χ4v) is 7.99. The van der Waals surface area contributed by atoms with Crippen LogP contribution in [0.5, 0.6) is 0 Å². The Bertz CT molecular complexity index is 2480. The largest absolute Gasteiger partial charge is 0.310 e. The maximum atomic E-state index is 2.48. The van der Waals surface area contributed by atoms with Crippen molar-refractivity contribution in [2.45, 2.75) is 19.3 Å². The van der Waals surface area contributed by atoms with Crippen molar-refractivity contribution in [2.24, 2.45) is 0 Å². The number of rotatable bonds is 6. The molecule has 0 amide bonds. The molecule has 1 nitrogen and oxygen atoms in total. The van der Waals surface area contributed by atoms with Crippen molar-refractivity contribution in [1.82, 2.24) is 0 Å². The van der Waals surface area contributed by atoms with Gasteiger partial charge in [-0.2, -0.15) is 0 Å². The van der Waals surface area contributed by atoms with E-state index in [1.807, 2.05) is 0 Å². The molecular formula is C49H37N. The van der Waals surface area contributed by atoms with Crippen molar-refractivity contribution >= 4 is 27.8 Å². The van der Waals surface area contributed by atoms with Crippen LogP contribution < -0.4 is 4.90 Å². The average molecular weight is 640 g/mol. The zero-order chi connectivity index (χ0) is 33.7. The molecule has 0 radical (unpaired) electrons. The molecule has 9 rings (SSSR count). The summed E-state index contributed by atoms with van der Waals surface area (Å²) in [5.41, 5.74) is 15.9. The number of benzene rings is 8. The summed E-state index contributed by atoms with van der Waals surface area (Å²) in [6.07, 6.45) is 0. The van der Waals surface area contributed by atoms with Gasteiger partial charge in [0.15, 0.2) is 0 Å². The quantitative estimate of drug-likeness (QED) is 0.175. The van der Waals surface area contributed by atoms with E-state index < -0.39 is 0 Å². The predicted octanol–water partition coefficient (Wildman–Crippen LogP) is 13.6. The molecule has 8 aromatic rings. The zero-order valence-corrected chi connectivity index (χ0v) is 28.3. The molecular weight excluding hydrogens is 603 g/mol. The molecule has 238 valence electrons. The lowest BCUT2D eigenvalue weighted by Crippen LogP contribution is -2.17. The Morgan fingerprint density at radius 3 is 1.58 bits per heavy atom. The van der Waals surface area contributed by atoms with Crippen molar-refractivity contribution in [3.8, 4) is 44.5 Å². The van der Waals surface area contributed by atoms with E-state index in [0.717, 1.165) is 17.1 Å². The van der Waals surface area contributed by atoms with Crippen molar-refractivity contribution < 1.29 is 0 Å². The molecule has 0 N–H and O–H groups in total. The van der Waals surface area contributed by atoms with Crippen molar-refractivity contribution in [3.63, 3.8) is 0 Å². The molecule has 0 unspecified atom stereocenters.